The Morgan fingerprint density at radius 3 is 2.36 bits per heavy atom. The van der Waals surface area contributed by atoms with Crippen LogP contribution in [0.3, 0.4) is 0 Å². The molecule has 9 heteroatoms. The van der Waals surface area contributed by atoms with E-state index < -0.39 is 24.5 Å². The Labute approximate surface area is 196 Å². The van der Waals surface area contributed by atoms with E-state index in [4.69, 9.17) is 4.74 Å². The summed E-state index contributed by atoms with van der Waals surface area (Å²) in [6.07, 6.45) is 2.06. The first-order valence-electron chi connectivity index (χ1n) is 10.6. The fourth-order valence-electron chi connectivity index (χ4n) is 3.30. The van der Waals surface area contributed by atoms with Crippen molar-refractivity contribution in [2.24, 2.45) is 0 Å². The van der Waals surface area contributed by atoms with Crippen molar-refractivity contribution in [3.8, 4) is 0 Å². The zero-order valence-corrected chi connectivity index (χ0v) is 19.2. The summed E-state index contributed by atoms with van der Waals surface area (Å²) in [5.41, 5.74) is 1.52. The second-order valence-electron chi connectivity index (χ2n) is 7.41. The van der Waals surface area contributed by atoms with Crippen molar-refractivity contribution in [1.29, 1.82) is 0 Å². The van der Waals surface area contributed by atoms with Gasteiger partial charge in [-0.15, -0.1) is 11.8 Å². The van der Waals surface area contributed by atoms with Crippen LogP contribution in [0.5, 0.6) is 0 Å². The number of likely N-dealkylation sites (tertiary alicyclic amines) is 1. The number of amides is 2. The average Bonchev–Trinajstić information content (AvgIpc) is 3.40. The van der Waals surface area contributed by atoms with Crippen LogP contribution in [0.2, 0.25) is 0 Å². The van der Waals surface area contributed by atoms with Gasteiger partial charge in [0.2, 0.25) is 5.91 Å². The molecular weight excluding hydrogens is 444 g/mol. The molecule has 3 rings (SSSR count). The van der Waals surface area contributed by atoms with Crippen LogP contribution in [0.4, 0.5) is 0 Å². The van der Waals surface area contributed by atoms with Crippen LogP contribution in [-0.4, -0.2) is 61.2 Å². The van der Waals surface area contributed by atoms with Gasteiger partial charge in [0.1, 0.15) is 0 Å². The highest BCUT2D eigenvalue weighted by atomic mass is 32.2. The van der Waals surface area contributed by atoms with Crippen molar-refractivity contribution in [1.82, 2.24) is 10.2 Å². The number of hydrogen-bond donors (Lipinski definition) is 1. The first kappa shape index (κ1) is 24.3. The normalized spacial score (nSPS) is 12.8. The van der Waals surface area contributed by atoms with Gasteiger partial charge in [-0.05, 0) is 42.7 Å². The second kappa shape index (κ2) is 12.1. The SMILES string of the molecule is COC(=O)c1ccc(CNC(=O)COC(=O)c2ccccc2SCC(=O)N2CCCC2)cc1. The molecule has 174 valence electrons. The van der Waals surface area contributed by atoms with Crippen LogP contribution in [0.25, 0.3) is 0 Å². The first-order chi connectivity index (χ1) is 16.0. The molecule has 0 atom stereocenters. The second-order valence-corrected chi connectivity index (χ2v) is 8.43. The van der Waals surface area contributed by atoms with E-state index in [1.165, 1.54) is 18.9 Å². The van der Waals surface area contributed by atoms with Crippen molar-refractivity contribution in [3.05, 3.63) is 65.2 Å². The van der Waals surface area contributed by atoms with Gasteiger partial charge in [-0.3, -0.25) is 9.59 Å². The smallest absolute Gasteiger partial charge is 0.339 e. The fourth-order valence-corrected chi connectivity index (χ4v) is 4.24. The molecule has 2 amide bonds. The lowest BCUT2D eigenvalue weighted by Crippen LogP contribution is -2.29. The Bertz CT molecular complexity index is 1000. The number of methoxy groups -OCH3 is 1. The summed E-state index contributed by atoms with van der Waals surface area (Å²) in [6, 6.07) is 13.5. The van der Waals surface area contributed by atoms with Gasteiger partial charge in [-0.25, -0.2) is 9.59 Å². The molecule has 0 unspecified atom stereocenters. The van der Waals surface area contributed by atoms with Gasteiger partial charge in [0.05, 0.1) is 24.0 Å². The third-order valence-corrected chi connectivity index (χ3v) is 6.17. The van der Waals surface area contributed by atoms with Crippen LogP contribution >= 0.6 is 11.8 Å². The molecule has 0 aromatic heterocycles. The molecule has 0 aliphatic carbocycles. The molecule has 1 fully saturated rings. The molecule has 0 spiro atoms. The molecular formula is C24H26N2O6S. The van der Waals surface area contributed by atoms with E-state index in [1.54, 1.807) is 48.5 Å². The van der Waals surface area contributed by atoms with E-state index >= 15 is 0 Å². The average molecular weight is 471 g/mol. The number of thioether (sulfide) groups is 1. The summed E-state index contributed by atoms with van der Waals surface area (Å²) < 4.78 is 9.82. The maximum Gasteiger partial charge on any atom is 0.339 e. The van der Waals surface area contributed by atoms with E-state index in [0.717, 1.165) is 31.5 Å². The predicted molar refractivity (Wildman–Crippen MR) is 123 cm³/mol. The van der Waals surface area contributed by atoms with Crippen molar-refractivity contribution in [3.63, 3.8) is 0 Å². The molecule has 1 aliphatic heterocycles. The lowest BCUT2D eigenvalue weighted by Gasteiger charge is -2.15. The Hall–Kier alpha value is -3.33. The van der Waals surface area contributed by atoms with Crippen LogP contribution in [0, 0.1) is 0 Å². The Morgan fingerprint density at radius 2 is 1.67 bits per heavy atom. The Kier molecular flexibility index (Phi) is 8.88. The number of benzene rings is 2. The Balaban J connectivity index is 1.46. The predicted octanol–water partition coefficient (Wildman–Crippen LogP) is 2.66. The molecule has 1 saturated heterocycles. The van der Waals surface area contributed by atoms with Crippen molar-refractivity contribution in [2.75, 3.05) is 32.6 Å². The fraction of sp³-hybridized carbons (Fsp3) is 0.333. The molecule has 2 aromatic carbocycles. The minimum atomic E-state index is -0.621. The summed E-state index contributed by atoms with van der Waals surface area (Å²) in [5.74, 6) is -1.20. The number of esters is 2. The van der Waals surface area contributed by atoms with Crippen LogP contribution < -0.4 is 5.32 Å². The van der Waals surface area contributed by atoms with E-state index in [0.29, 0.717) is 16.0 Å². The van der Waals surface area contributed by atoms with Crippen molar-refractivity contribution >= 4 is 35.5 Å². The maximum absolute atomic E-state index is 12.5. The molecule has 8 nitrogen and oxygen atoms in total. The third-order valence-electron chi connectivity index (χ3n) is 5.12. The van der Waals surface area contributed by atoms with Crippen molar-refractivity contribution < 1.29 is 28.7 Å². The van der Waals surface area contributed by atoms with E-state index in [-0.39, 0.29) is 18.2 Å². The minimum absolute atomic E-state index is 0.0552. The molecule has 0 radical (unpaired) electrons. The number of nitrogens with zero attached hydrogens (tertiary/aromatic N) is 1. The third kappa shape index (κ3) is 7.08. The number of hydrogen-bond acceptors (Lipinski definition) is 7. The highest BCUT2D eigenvalue weighted by Crippen LogP contribution is 2.24. The number of ether oxygens (including phenoxy) is 2. The van der Waals surface area contributed by atoms with E-state index in [1.807, 2.05) is 4.90 Å². The summed E-state index contributed by atoms with van der Waals surface area (Å²) >= 11 is 1.29. The van der Waals surface area contributed by atoms with Crippen molar-refractivity contribution in [2.45, 2.75) is 24.3 Å². The zero-order valence-electron chi connectivity index (χ0n) is 18.4. The van der Waals surface area contributed by atoms with Gasteiger partial charge in [0, 0.05) is 24.5 Å². The molecule has 1 heterocycles. The number of rotatable bonds is 9. The summed E-state index contributed by atoms with van der Waals surface area (Å²) in [4.78, 5) is 50.8. The quantitative estimate of drug-likeness (QED) is 0.444. The highest BCUT2D eigenvalue weighted by molar-refractivity contribution is 8.00. The standard InChI is InChI=1S/C24H26N2O6S/c1-31-23(29)18-10-8-17(9-11-18)14-25-21(27)15-32-24(30)19-6-2-3-7-20(19)33-16-22(28)26-12-4-5-13-26/h2-3,6-11H,4-5,12-16H2,1H3,(H,25,27). The van der Waals surface area contributed by atoms with Crippen LogP contribution in [0.15, 0.2) is 53.4 Å². The number of nitrogens with one attached hydrogen (secondary N) is 1. The van der Waals surface area contributed by atoms with E-state index in [2.05, 4.69) is 10.1 Å². The summed E-state index contributed by atoms with van der Waals surface area (Å²) in [7, 11) is 1.31. The zero-order chi connectivity index (χ0) is 23.6. The molecule has 0 saturated carbocycles. The minimum Gasteiger partial charge on any atom is -0.465 e. The molecule has 1 aliphatic rings. The summed E-state index contributed by atoms with van der Waals surface area (Å²) in [5, 5.41) is 2.67. The van der Waals surface area contributed by atoms with Gasteiger partial charge in [0.25, 0.3) is 5.91 Å². The molecule has 0 bridgehead atoms. The first-order valence-corrected chi connectivity index (χ1v) is 11.6. The molecule has 33 heavy (non-hydrogen) atoms. The largest absolute Gasteiger partial charge is 0.465 e. The lowest BCUT2D eigenvalue weighted by atomic mass is 10.1. The molecule has 1 N–H and O–H groups in total. The van der Waals surface area contributed by atoms with Gasteiger partial charge >= 0.3 is 11.9 Å². The lowest BCUT2D eigenvalue weighted by molar-refractivity contribution is -0.127. The van der Waals surface area contributed by atoms with E-state index in [9.17, 15) is 19.2 Å². The maximum atomic E-state index is 12.5. The van der Waals surface area contributed by atoms with Gasteiger partial charge in [-0.2, -0.15) is 0 Å². The monoisotopic (exact) mass is 470 g/mol. The topological polar surface area (TPSA) is 102 Å². The van der Waals surface area contributed by atoms with Crippen LogP contribution in [0.1, 0.15) is 39.1 Å². The molecule has 2 aromatic rings. The highest BCUT2D eigenvalue weighted by Gasteiger charge is 2.20. The number of carbonyl (C=O) groups is 4. The number of carbonyl (C=O) groups excluding carboxylic acids is 4. The van der Waals surface area contributed by atoms with Gasteiger partial charge in [0.15, 0.2) is 6.61 Å². The van der Waals surface area contributed by atoms with Crippen LogP contribution in [-0.2, 0) is 25.6 Å². The Morgan fingerprint density at radius 1 is 0.970 bits per heavy atom. The summed E-state index contributed by atoms with van der Waals surface area (Å²) in [6.45, 7) is 1.37. The van der Waals surface area contributed by atoms with Gasteiger partial charge < -0.3 is 19.7 Å². The van der Waals surface area contributed by atoms with Gasteiger partial charge in [-0.1, -0.05) is 24.3 Å².